The smallest absolute Gasteiger partial charge is 0.150 e. The van der Waals surface area contributed by atoms with Gasteiger partial charge in [0.05, 0.1) is 35.9 Å². The fourth-order valence-electron chi connectivity index (χ4n) is 5.30. The van der Waals surface area contributed by atoms with Crippen molar-refractivity contribution in [2.24, 2.45) is 0 Å². The number of carbonyl (C=O) groups is 2. The maximum atomic E-state index is 12.1. The van der Waals surface area contributed by atoms with Gasteiger partial charge < -0.3 is 20.6 Å². The molecule has 0 radical (unpaired) electrons. The molecule has 2 saturated heterocycles. The first-order valence-corrected chi connectivity index (χ1v) is 12.5. The van der Waals surface area contributed by atoms with Gasteiger partial charge in [0.15, 0.2) is 12.6 Å². The van der Waals surface area contributed by atoms with E-state index < -0.39 is 0 Å². The highest BCUT2D eigenvalue weighted by atomic mass is 16.1. The summed E-state index contributed by atoms with van der Waals surface area (Å²) in [6.45, 7) is 2.00. The van der Waals surface area contributed by atoms with Crippen molar-refractivity contribution in [3.05, 3.63) is 71.6 Å². The first kappa shape index (κ1) is 22.6. The van der Waals surface area contributed by atoms with E-state index in [9.17, 15) is 9.59 Å². The minimum Gasteiger partial charge on any atom is -0.341 e. The first-order chi connectivity index (χ1) is 17.7. The predicted octanol–water partition coefficient (Wildman–Crippen LogP) is 4.61. The highest BCUT2D eigenvalue weighted by Gasteiger charge is 2.21. The molecule has 4 aromatic rings. The Bertz CT molecular complexity index is 1300. The molecule has 0 amide bonds. The highest BCUT2D eigenvalue weighted by molar-refractivity contribution is 5.96. The molecule has 0 bridgehead atoms. The Hall–Kier alpha value is -3.88. The minimum absolute atomic E-state index is 0.248. The van der Waals surface area contributed by atoms with Crippen molar-refractivity contribution in [3.63, 3.8) is 0 Å². The molecule has 8 nitrogen and oxygen atoms in total. The number of aromatic amines is 2. The lowest BCUT2D eigenvalue weighted by Crippen LogP contribution is -2.14. The Morgan fingerprint density at radius 3 is 1.56 bits per heavy atom. The van der Waals surface area contributed by atoms with Gasteiger partial charge in [-0.05, 0) is 62.0 Å². The van der Waals surface area contributed by atoms with Crippen molar-refractivity contribution >= 4 is 12.6 Å². The molecular weight excluding hydrogens is 452 g/mol. The second-order valence-corrected chi connectivity index (χ2v) is 9.50. The lowest BCUT2D eigenvalue weighted by Gasteiger charge is -2.11. The summed E-state index contributed by atoms with van der Waals surface area (Å²) < 4.78 is 0. The number of hydrogen-bond acceptors (Lipinski definition) is 6. The summed E-state index contributed by atoms with van der Waals surface area (Å²) in [4.78, 5) is 40.0. The van der Waals surface area contributed by atoms with E-state index in [1.807, 2.05) is 48.8 Å². The van der Waals surface area contributed by atoms with E-state index in [0.717, 1.165) is 96.6 Å². The Morgan fingerprint density at radius 2 is 1.17 bits per heavy atom. The fourth-order valence-corrected chi connectivity index (χ4v) is 5.30. The largest absolute Gasteiger partial charge is 0.341 e. The molecule has 6 rings (SSSR count). The average molecular weight is 481 g/mol. The van der Waals surface area contributed by atoms with Gasteiger partial charge in [-0.3, -0.25) is 9.59 Å². The molecule has 2 atom stereocenters. The molecule has 2 aliphatic heterocycles. The van der Waals surface area contributed by atoms with Crippen LogP contribution in [0.5, 0.6) is 0 Å². The molecule has 2 aromatic heterocycles. The van der Waals surface area contributed by atoms with Gasteiger partial charge in [0.2, 0.25) is 0 Å². The number of H-pyrrole nitrogens is 2. The number of aldehydes is 2. The van der Waals surface area contributed by atoms with Crippen molar-refractivity contribution < 1.29 is 9.59 Å². The Morgan fingerprint density at radius 1 is 0.694 bits per heavy atom. The van der Waals surface area contributed by atoms with E-state index in [1.54, 1.807) is 0 Å². The molecule has 182 valence electrons. The third-order valence-electron chi connectivity index (χ3n) is 7.24. The molecule has 0 spiro atoms. The number of carbonyl (C=O) groups excluding carboxylic acids is 2. The second-order valence-electron chi connectivity index (χ2n) is 9.50. The van der Waals surface area contributed by atoms with Crippen LogP contribution in [0.25, 0.3) is 33.6 Å². The van der Waals surface area contributed by atoms with Crippen LogP contribution in [0.2, 0.25) is 0 Å². The van der Waals surface area contributed by atoms with Gasteiger partial charge in [-0.1, -0.05) is 24.3 Å². The van der Waals surface area contributed by atoms with E-state index in [1.165, 1.54) is 0 Å². The topological polar surface area (TPSA) is 116 Å². The van der Waals surface area contributed by atoms with Crippen molar-refractivity contribution in [1.82, 2.24) is 30.6 Å². The van der Waals surface area contributed by atoms with Crippen molar-refractivity contribution in [2.75, 3.05) is 13.1 Å². The molecule has 36 heavy (non-hydrogen) atoms. The van der Waals surface area contributed by atoms with Crippen LogP contribution in [0.4, 0.5) is 0 Å². The number of aromatic nitrogens is 4. The van der Waals surface area contributed by atoms with Crippen LogP contribution in [0.3, 0.4) is 0 Å². The number of nitrogens with one attached hydrogen (secondary N) is 4. The van der Waals surface area contributed by atoms with E-state index in [2.05, 4.69) is 30.6 Å². The number of imidazole rings is 2. The predicted molar refractivity (Wildman–Crippen MR) is 138 cm³/mol. The third kappa shape index (κ3) is 4.19. The summed E-state index contributed by atoms with van der Waals surface area (Å²) in [5.41, 5.74) is 5.99. The summed E-state index contributed by atoms with van der Waals surface area (Å²) in [5, 5.41) is 6.89. The molecule has 4 N–H and O–H groups in total. The van der Waals surface area contributed by atoms with Gasteiger partial charge >= 0.3 is 0 Å². The van der Waals surface area contributed by atoms with E-state index in [-0.39, 0.29) is 12.1 Å². The zero-order valence-corrected chi connectivity index (χ0v) is 19.9. The van der Waals surface area contributed by atoms with Gasteiger partial charge in [-0.25, -0.2) is 9.97 Å². The number of hydrogen-bond donors (Lipinski definition) is 4. The fraction of sp³-hybridized carbons (Fsp3) is 0.286. The molecular formula is C28H28N6O2. The van der Waals surface area contributed by atoms with Crippen LogP contribution in [-0.2, 0) is 0 Å². The standard InChI is InChI=1S/C28H28N6O2/c35-15-19-11-17(25-13-31-27(33-25)23-3-1-9-29-23)5-7-21(19)22-8-6-18(12-20(22)16-36)26-14-32-28(34-26)24-4-2-10-30-24/h5-8,11-16,23-24,29-30H,1-4,9-10H2,(H,31,33)(H,32,34). The lowest BCUT2D eigenvalue weighted by atomic mass is 9.93. The maximum Gasteiger partial charge on any atom is 0.150 e. The Kier molecular flexibility index (Phi) is 6.04. The summed E-state index contributed by atoms with van der Waals surface area (Å²) in [6.07, 6.45) is 9.71. The zero-order chi connectivity index (χ0) is 24.5. The van der Waals surface area contributed by atoms with Gasteiger partial charge in [0.25, 0.3) is 0 Å². The zero-order valence-electron chi connectivity index (χ0n) is 19.9. The number of nitrogens with zero attached hydrogens (tertiary/aromatic N) is 2. The van der Waals surface area contributed by atoms with Crippen molar-refractivity contribution in [3.8, 4) is 33.6 Å². The van der Waals surface area contributed by atoms with Crippen molar-refractivity contribution in [1.29, 1.82) is 0 Å². The highest BCUT2D eigenvalue weighted by Crippen LogP contribution is 2.33. The molecule has 2 unspecified atom stereocenters. The van der Waals surface area contributed by atoms with Crippen LogP contribution >= 0.6 is 0 Å². The van der Waals surface area contributed by atoms with Gasteiger partial charge in [0, 0.05) is 22.3 Å². The second kappa shape index (κ2) is 9.64. The minimum atomic E-state index is 0.248. The van der Waals surface area contributed by atoms with Gasteiger partial charge in [-0.15, -0.1) is 0 Å². The van der Waals surface area contributed by atoms with E-state index in [4.69, 9.17) is 0 Å². The third-order valence-corrected chi connectivity index (χ3v) is 7.24. The molecule has 2 fully saturated rings. The van der Waals surface area contributed by atoms with Gasteiger partial charge in [0.1, 0.15) is 11.6 Å². The normalized spacial score (nSPS) is 19.6. The molecule has 2 aromatic carbocycles. The van der Waals surface area contributed by atoms with Gasteiger partial charge in [-0.2, -0.15) is 0 Å². The van der Waals surface area contributed by atoms with Crippen LogP contribution in [-0.4, -0.2) is 45.6 Å². The Labute approximate surface area is 209 Å². The molecule has 4 heterocycles. The van der Waals surface area contributed by atoms with Crippen LogP contribution in [0.1, 0.15) is 70.1 Å². The Balaban J connectivity index is 1.30. The SMILES string of the molecule is O=Cc1cc(-c2cnc(C3CCCN3)[nH]2)ccc1-c1ccc(-c2cnc(C3CCCN3)[nH]2)cc1C=O. The number of benzene rings is 2. The van der Waals surface area contributed by atoms with Crippen LogP contribution in [0.15, 0.2) is 48.8 Å². The summed E-state index contributed by atoms with van der Waals surface area (Å²) in [5.74, 6) is 1.84. The maximum absolute atomic E-state index is 12.1. The first-order valence-electron chi connectivity index (χ1n) is 12.5. The monoisotopic (exact) mass is 480 g/mol. The lowest BCUT2D eigenvalue weighted by molar-refractivity contribution is 0.111. The average Bonchev–Trinajstić information content (AvgIpc) is 3.74. The van der Waals surface area contributed by atoms with Crippen molar-refractivity contribution in [2.45, 2.75) is 37.8 Å². The molecule has 0 aliphatic carbocycles. The van der Waals surface area contributed by atoms with E-state index in [0.29, 0.717) is 11.1 Å². The van der Waals surface area contributed by atoms with Crippen LogP contribution < -0.4 is 10.6 Å². The number of rotatable bonds is 7. The molecule has 2 aliphatic rings. The van der Waals surface area contributed by atoms with E-state index >= 15 is 0 Å². The molecule has 8 heteroatoms. The summed E-state index contributed by atoms with van der Waals surface area (Å²) in [7, 11) is 0. The summed E-state index contributed by atoms with van der Waals surface area (Å²) in [6, 6.07) is 11.9. The molecule has 0 saturated carbocycles. The summed E-state index contributed by atoms with van der Waals surface area (Å²) >= 11 is 0. The van der Waals surface area contributed by atoms with Crippen LogP contribution in [0, 0.1) is 0 Å². The quantitative estimate of drug-likeness (QED) is 0.287.